The van der Waals surface area contributed by atoms with Crippen LogP contribution >= 0.6 is 0 Å². The van der Waals surface area contributed by atoms with Crippen molar-refractivity contribution >= 4 is 0 Å². The summed E-state index contributed by atoms with van der Waals surface area (Å²) in [4.78, 5) is 0. The summed E-state index contributed by atoms with van der Waals surface area (Å²) in [6, 6.07) is 16.5. The predicted molar refractivity (Wildman–Crippen MR) is 60.0 cm³/mol. The van der Waals surface area contributed by atoms with Gasteiger partial charge in [-0.15, -0.1) is 0 Å². The van der Waals surface area contributed by atoms with Crippen molar-refractivity contribution in [1.29, 1.82) is 0 Å². The van der Waals surface area contributed by atoms with Gasteiger partial charge in [-0.1, -0.05) is 48.5 Å². The third kappa shape index (κ3) is 1.13. The van der Waals surface area contributed by atoms with Gasteiger partial charge < -0.3 is 5.11 Å². The molecule has 0 amide bonds. The van der Waals surface area contributed by atoms with E-state index in [9.17, 15) is 5.11 Å². The van der Waals surface area contributed by atoms with Gasteiger partial charge in [-0.2, -0.15) is 0 Å². The lowest BCUT2D eigenvalue weighted by Gasteiger charge is -2.07. The van der Waals surface area contributed by atoms with Crippen molar-refractivity contribution in [1.82, 2.24) is 0 Å². The predicted octanol–water partition coefficient (Wildman–Crippen LogP) is 3.33. The first kappa shape index (κ1) is 8.69. The van der Waals surface area contributed by atoms with E-state index in [1.54, 1.807) is 0 Å². The zero-order valence-electron chi connectivity index (χ0n) is 8.22. The molecule has 73 valence electrons. The minimum absolute atomic E-state index is 0.0393. The summed E-state index contributed by atoms with van der Waals surface area (Å²) in [6.07, 6.45) is 0. The molecule has 0 saturated heterocycles. The third-order valence-corrected chi connectivity index (χ3v) is 3.03. The summed E-state index contributed by atoms with van der Waals surface area (Å²) in [5.41, 5.74) is 4.87. The number of hydrogen-bond acceptors (Lipinski definition) is 1. The van der Waals surface area contributed by atoms with Gasteiger partial charge in [0, 0.05) is 5.92 Å². The molecule has 0 fully saturated rings. The molecular weight excluding hydrogens is 184 g/mol. The molecule has 0 spiro atoms. The van der Waals surface area contributed by atoms with Crippen LogP contribution in [0.3, 0.4) is 0 Å². The Hall–Kier alpha value is -1.60. The highest BCUT2D eigenvalue weighted by atomic mass is 16.3. The lowest BCUT2D eigenvalue weighted by molar-refractivity contribution is 0.370. The Morgan fingerprint density at radius 1 is 0.800 bits per heavy atom. The van der Waals surface area contributed by atoms with Crippen molar-refractivity contribution in [3.05, 3.63) is 66.3 Å². The fourth-order valence-electron chi connectivity index (χ4n) is 2.36. The summed E-state index contributed by atoms with van der Waals surface area (Å²) < 4.78 is 0. The van der Waals surface area contributed by atoms with Gasteiger partial charge in [0.05, 0.1) is 6.61 Å². The van der Waals surface area contributed by atoms with Gasteiger partial charge in [0.15, 0.2) is 0 Å². The van der Waals surface area contributed by atoms with Crippen molar-refractivity contribution < 1.29 is 5.11 Å². The maximum atomic E-state index is 9.33. The van der Waals surface area contributed by atoms with Crippen LogP contribution in [-0.2, 0) is 0 Å². The van der Waals surface area contributed by atoms with Crippen LogP contribution in [-0.4, -0.2) is 5.11 Å². The van der Waals surface area contributed by atoms with Crippen LogP contribution in [0.4, 0.5) is 0 Å². The van der Waals surface area contributed by atoms with E-state index in [1.165, 1.54) is 28.9 Å². The van der Waals surface area contributed by atoms with Gasteiger partial charge >= 0.3 is 0 Å². The number of hydrogen-bond donors (Lipinski definition) is 1. The molecule has 0 atom stereocenters. The van der Waals surface area contributed by atoms with Crippen LogP contribution < -0.4 is 0 Å². The van der Waals surface area contributed by atoms with Gasteiger partial charge in [0.1, 0.15) is 0 Å². The van der Waals surface area contributed by atoms with Crippen LogP contribution in [0.1, 0.15) is 17.0 Å². The van der Waals surface area contributed by atoms with Crippen molar-refractivity contribution in [2.24, 2.45) is 0 Å². The van der Waals surface area contributed by atoms with E-state index in [2.05, 4.69) is 24.3 Å². The Balaban J connectivity index is 2.31. The second-order valence-electron chi connectivity index (χ2n) is 3.80. The van der Waals surface area contributed by atoms with Crippen molar-refractivity contribution in [3.63, 3.8) is 0 Å². The maximum Gasteiger partial charge on any atom is 0.0917 e. The average Bonchev–Trinajstić information content (AvgIpc) is 2.63. The smallest absolute Gasteiger partial charge is 0.0917 e. The van der Waals surface area contributed by atoms with Crippen molar-refractivity contribution in [2.45, 2.75) is 5.92 Å². The molecule has 1 radical (unpaired) electrons. The minimum Gasteiger partial charge on any atom is -0.389 e. The van der Waals surface area contributed by atoms with E-state index in [4.69, 9.17) is 0 Å². The molecule has 1 N–H and O–H groups in total. The molecule has 3 rings (SSSR count). The topological polar surface area (TPSA) is 20.2 Å². The summed E-state index contributed by atoms with van der Waals surface area (Å²) in [5.74, 6) is 0.0393. The lowest BCUT2D eigenvalue weighted by Crippen LogP contribution is -1.95. The quantitative estimate of drug-likeness (QED) is 0.740. The molecule has 0 unspecified atom stereocenters. The molecule has 0 bridgehead atoms. The first-order valence-corrected chi connectivity index (χ1v) is 5.07. The SMILES string of the molecule is O[CH]C1c2ccccc2-c2ccccc21. The Morgan fingerprint density at radius 2 is 1.27 bits per heavy atom. The third-order valence-electron chi connectivity index (χ3n) is 3.03. The highest BCUT2D eigenvalue weighted by molar-refractivity contribution is 5.79. The number of rotatable bonds is 1. The summed E-state index contributed by atoms with van der Waals surface area (Å²) in [6.45, 7) is 1.28. The van der Waals surface area contributed by atoms with Gasteiger partial charge in [-0.3, -0.25) is 0 Å². The van der Waals surface area contributed by atoms with Crippen molar-refractivity contribution in [2.75, 3.05) is 0 Å². The molecule has 2 aromatic carbocycles. The van der Waals surface area contributed by atoms with Crippen LogP contribution in [0, 0.1) is 6.61 Å². The Labute approximate surface area is 89.0 Å². The normalized spacial score (nSPS) is 13.7. The van der Waals surface area contributed by atoms with Gasteiger partial charge in [-0.05, 0) is 22.3 Å². The second-order valence-corrected chi connectivity index (χ2v) is 3.80. The molecule has 15 heavy (non-hydrogen) atoms. The van der Waals surface area contributed by atoms with Gasteiger partial charge in [-0.25, -0.2) is 0 Å². The number of aliphatic hydroxyl groups is 1. The zero-order chi connectivity index (χ0) is 10.3. The minimum atomic E-state index is 0.0393. The number of benzene rings is 2. The molecule has 0 aromatic heterocycles. The van der Waals surface area contributed by atoms with Crippen LogP contribution in [0.25, 0.3) is 11.1 Å². The largest absolute Gasteiger partial charge is 0.389 e. The molecule has 1 aliphatic rings. The van der Waals surface area contributed by atoms with E-state index < -0.39 is 0 Å². The van der Waals surface area contributed by atoms with Crippen LogP contribution in [0.15, 0.2) is 48.5 Å². The Morgan fingerprint density at radius 3 is 1.73 bits per heavy atom. The van der Waals surface area contributed by atoms with E-state index in [0.717, 1.165) is 0 Å². The van der Waals surface area contributed by atoms with Crippen molar-refractivity contribution in [3.8, 4) is 11.1 Å². The van der Waals surface area contributed by atoms with E-state index in [1.807, 2.05) is 24.3 Å². The molecule has 1 nitrogen and oxygen atoms in total. The number of fused-ring (bicyclic) bond motifs is 3. The van der Waals surface area contributed by atoms with Gasteiger partial charge in [0.2, 0.25) is 0 Å². The van der Waals surface area contributed by atoms with E-state index >= 15 is 0 Å². The number of aliphatic hydroxyl groups excluding tert-OH is 1. The first-order chi connectivity index (χ1) is 7.42. The molecule has 0 saturated carbocycles. The summed E-state index contributed by atoms with van der Waals surface area (Å²) in [5, 5.41) is 9.33. The molecule has 1 heteroatoms. The van der Waals surface area contributed by atoms with Gasteiger partial charge in [0.25, 0.3) is 0 Å². The maximum absolute atomic E-state index is 9.33. The zero-order valence-corrected chi connectivity index (χ0v) is 8.22. The Bertz CT molecular complexity index is 457. The lowest BCUT2D eigenvalue weighted by atomic mass is 9.98. The standard InChI is InChI=1S/C14H11O/c15-9-14-12-7-3-1-5-10(12)11-6-2-4-8-13(11)14/h1-9,14-15H. The Kier molecular flexibility index (Phi) is 1.86. The van der Waals surface area contributed by atoms with E-state index in [0.29, 0.717) is 0 Å². The van der Waals surface area contributed by atoms with Crippen LogP contribution in [0.5, 0.6) is 0 Å². The molecule has 0 aliphatic heterocycles. The molecular formula is C14H11O. The summed E-state index contributed by atoms with van der Waals surface area (Å²) in [7, 11) is 0. The molecule has 0 heterocycles. The fourth-order valence-corrected chi connectivity index (χ4v) is 2.36. The second kappa shape index (κ2) is 3.21. The summed E-state index contributed by atoms with van der Waals surface area (Å²) >= 11 is 0. The molecule has 1 aliphatic carbocycles. The highest BCUT2D eigenvalue weighted by Crippen LogP contribution is 2.44. The van der Waals surface area contributed by atoms with Crippen LogP contribution in [0.2, 0.25) is 0 Å². The first-order valence-electron chi connectivity index (χ1n) is 5.07. The van der Waals surface area contributed by atoms with E-state index in [-0.39, 0.29) is 5.92 Å². The average molecular weight is 195 g/mol. The monoisotopic (exact) mass is 195 g/mol. The fraction of sp³-hybridized carbons (Fsp3) is 0.0714. The molecule has 2 aromatic rings. The highest BCUT2D eigenvalue weighted by Gasteiger charge is 2.27.